The molecule has 0 saturated heterocycles. The number of hydrogen-bond acceptors (Lipinski definition) is 15. The van der Waals surface area contributed by atoms with Crippen molar-refractivity contribution in [3.63, 3.8) is 0 Å². The minimum Gasteiger partial charge on any atom is -0.813 e. The third-order valence-corrected chi connectivity index (χ3v) is 6.27. The molecule has 21 nitrogen and oxygen atoms in total. The van der Waals surface area contributed by atoms with Gasteiger partial charge in [0.2, 0.25) is 0 Å². The molecule has 7 rings (SSSR count). The van der Waals surface area contributed by atoms with Gasteiger partial charge in [0.1, 0.15) is 0 Å². The molecule has 0 aliphatic heterocycles. The molecule has 0 spiro atoms. The fourth-order valence-corrected chi connectivity index (χ4v) is 3.56. The smallest absolute Gasteiger partial charge is 0.448 e. The van der Waals surface area contributed by atoms with E-state index < -0.39 is 26.8 Å². The molecule has 0 aliphatic rings. The third kappa shape index (κ3) is 182. The van der Waals surface area contributed by atoms with Gasteiger partial charge in [-0.25, -0.2) is 0 Å². The van der Waals surface area contributed by atoms with Crippen LogP contribution in [0.3, 0.4) is 0 Å². The number of benzene rings is 7. The van der Waals surface area contributed by atoms with Crippen LogP contribution in [-0.2, 0) is 95.2 Å². The van der Waals surface area contributed by atoms with Crippen LogP contribution in [0.15, 0.2) is 212 Å². The number of nitrogens with zero attached hydrogens (tertiary/aromatic N) is 6. The number of nitrogens with two attached hydrogens (primary N) is 4. The Morgan fingerprint density at radius 3 is 0.416 bits per heavy atom. The van der Waals surface area contributed by atoms with Crippen molar-refractivity contribution in [2.45, 2.75) is 159 Å². The van der Waals surface area contributed by atoms with E-state index in [4.69, 9.17) is 27.2 Å². The predicted octanol–water partition coefficient (Wildman–Crippen LogP) is 20.9. The summed E-state index contributed by atoms with van der Waals surface area (Å²) < 4.78 is 0. The van der Waals surface area contributed by atoms with Crippen LogP contribution in [0, 0.1) is 54.3 Å². The Labute approximate surface area is 666 Å². The van der Waals surface area contributed by atoms with Crippen molar-refractivity contribution in [3.8, 4) is 0 Å². The van der Waals surface area contributed by atoms with Gasteiger partial charge in [-0.05, 0) is 50.3 Å². The van der Waals surface area contributed by atoms with Crippen molar-refractivity contribution in [3.05, 3.63) is 277 Å². The van der Waals surface area contributed by atoms with Crippen LogP contribution in [0.1, 0.15) is 152 Å². The SMILES string of the molecule is CB(O)O.CC.CC.CC.CC.CC.CC.CC.CC.CC.CC.CN.C[N-]C.C[N-]C.Nc1ccccc1.Nc1ccccc1.Nc1ccccc1.O.O=[N+]([O-])c1ccccc1.O=[N+]([O-])c1ccccc1.O=[N+]([O-])c1ccccc1.O=[N+]([O-])c1ccccc1.[CH2-]C.[CH2-]C.[Re].[Re].[Re].[Re].[Rf].[Rf].[SH-]. The van der Waals surface area contributed by atoms with Crippen molar-refractivity contribution >= 4 is 60.4 Å². The molecule has 12 N–H and O–H groups in total. The number of anilines is 3. The van der Waals surface area contributed by atoms with Crippen LogP contribution < -0.4 is 22.9 Å². The first-order chi connectivity index (χ1) is 45.0. The first-order valence-electron chi connectivity index (χ1n) is 31.5. The summed E-state index contributed by atoms with van der Waals surface area (Å²) in [4.78, 5) is 38.4. The number of non-ortho nitro benzene ring substituents is 4. The normalized spacial score (nSPS) is 6.35. The zero-order chi connectivity index (χ0) is 77.1. The number of nitro benzene ring substituents is 4. The molecule has 0 atom stereocenters. The van der Waals surface area contributed by atoms with E-state index in [1.165, 1.54) is 62.4 Å². The summed E-state index contributed by atoms with van der Waals surface area (Å²) in [6.07, 6.45) is 0. The number of thiol groups is 1. The Morgan fingerprint density at radius 1 is 0.307 bits per heavy atom. The molecule has 29 heteroatoms. The largest absolute Gasteiger partial charge is 0.813 e. The average Bonchev–Trinajstić information content (AvgIpc) is 1.21. The molecule has 0 fully saturated rings. The van der Waals surface area contributed by atoms with E-state index in [0.29, 0.717) is 0 Å². The van der Waals surface area contributed by atoms with Crippen molar-refractivity contribution in [2.75, 3.05) is 52.4 Å². The second-order valence-corrected chi connectivity index (χ2v) is 12.1. The maximum atomic E-state index is 10.0. The predicted molar refractivity (Wildman–Crippen MR) is 429 cm³/mol. The molecule has 7 aromatic rings. The molecule has 0 unspecified atom stereocenters. The monoisotopic (exact) mass is 2640 g/mol. The van der Waals surface area contributed by atoms with Gasteiger partial charge in [0, 0.05) is 147 Å². The maximum Gasteiger partial charge on any atom is 0.448 e. The minimum absolute atomic E-state index is 0. The molecule has 586 valence electrons. The van der Waals surface area contributed by atoms with Crippen molar-refractivity contribution in [1.29, 1.82) is 0 Å². The first-order valence-corrected chi connectivity index (χ1v) is 31.5. The van der Waals surface area contributed by atoms with E-state index in [0.717, 1.165) is 17.1 Å². The number of hydrogen-bond donors (Lipinski definition) is 6. The van der Waals surface area contributed by atoms with Gasteiger partial charge in [-0.1, -0.05) is 266 Å². The van der Waals surface area contributed by atoms with Crippen molar-refractivity contribution in [2.24, 2.45) is 5.73 Å². The van der Waals surface area contributed by atoms with Crippen LogP contribution >= 0.6 is 0 Å². The van der Waals surface area contributed by atoms with Crippen LogP contribution in [0.5, 0.6) is 0 Å². The van der Waals surface area contributed by atoms with Gasteiger partial charge in [-0.15, -0.1) is 0 Å². The summed E-state index contributed by atoms with van der Waals surface area (Å²) in [6, 6.07) is 60.2. The van der Waals surface area contributed by atoms with E-state index in [1.54, 1.807) is 115 Å². The van der Waals surface area contributed by atoms with E-state index in [1.807, 2.05) is 229 Å². The second kappa shape index (κ2) is 180. The molecule has 0 saturated carbocycles. The van der Waals surface area contributed by atoms with Gasteiger partial charge < -0.3 is 76.4 Å². The molecule has 0 heterocycles. The van der Waals surface area contributed by atoms with Gasteiger partial charge in [-0.3, -0.25) is 40.5 Å². The molecule has 7 aromatic carbocycles. The van der Waals surface area contributed by atoms with Gasteiger partial charge in [0.15, 0.2) is 0 Å². The maximum absolute atomic E-state index is 10.0. The van der Waals surface area contributed by atoms with Crippen LogP contribution in [0.4, 0.5) is 39.8 Å². The summed E-state index contributed by atoms with van der Waals surface area (Å²) in [7, 11) is 7.33. The van der Waals surface area contributed by atoms with Gasteiger partial charge in [0.25, 0.3) is 22.7 Å². The fraction of sp³-hybridized carbons (Fsp3) is 0.389. The summed E-state index contributed by atoms with van der Waals surface area (Å²) >= 11 is 0. The second-order valence-electron chi connectivity index (χ2n) is 12.1. The third-order valence-electron chi connectivity index (χ3n) is 6.27. The van der Waals surface area contributed by atoms with E-state index in [-0.39, 0.29) is 123 Å². The number of rotatable bonds is 4. The Balaban J connectivity index is -0.0000000286. The Morgan fingerprint density at radius 2 is 0.376 bits per heavy atom. The molecule has 4 radical (unpaired) electrons. The van der Waals surface area contributed by atoms with Crippen molar-refractivity contribution < 1.29 is 117 Å². The summed E-state index contributed by atoms with van der Waals surface area (Å²) in [5, 5.41) is 62.2. The summed E-state index contributed by atoms with van der Waals surface area (Å²) in [6.45, 7) is 51.3. The first kappa shape index (κ1) is 166. The minimum atomic E-state index is -1.17. The summed E-state index contributed by atoms with van der Waals surface area (Å²) in [5.74, 6) is 0. The quantitative estimate of drug-likeness (QED) is 0.0181. The topological polar surface area (TPSA) is 377 Å². The zero-order valence-electron chi connectivity index (χ0n) is 66.7. The molecule has 0 amide bonds. The molecular formula is C72H136BN10O11Re4Rf2S-5. The summed E-state index contributed by atoms with van der Waals surface area (Å²) in [5.41, 5.74) is 23.6. The Hall–Kier alpha value is -7.64. The molecule has 0 aliphatic carbocycles. The van der Waals surface area contributed by atoms with E-state index in [9.17, 15) is 40.5 Å². The number of para-hydroxylation sites is 7. The fourth-order valence-electron chi connectivity index (χ4n) is 3.56. The standard InChI is InChI=1S/4C6H5NO2.3C6H7N.2C2H6N.10C2H6.2C2H5.CH5BO2.CH5N.H2O.4Re.2Rf.H2S/c4*8-7(9)6-4-2-1-3-5-6;3*7-6-4-2-1-3-5-6;2*1-3-2;12*1-2;1-2(3)4;1-2;;;;;;;;/h4*1-5H;3*1-5H,7H2;2*1-2H3;10*1-2H3;2*1H2,2H3;3-4H,1H3;2H2,1H3;1H2;;;;;;;1H2/q;;;;;;;2*-1;;;;;;;;;;;2*-1;;;;;;;;;;/p-1. The van der Waals surface area contributed by atoms with Crippen LogP contribution in [-0.4, -0.2) is 77.6 Å². The average molecular weight is 2640 g/mol. The number of nitrogen functional groups attached to an aromatic ring is 3. The van der Waals surface area contributed by atoms with Gasteiger partial charge in [0.05, 0.1) is 19.7 Å². The van der Waals surface area contributed by atoms with Gasteiger partial charge in [-0.2, -0.15) is 42.0 Å². The van der Waals surface area contributed by atoms with Crippen molar-refractivity contribution in [1.82, 2.24) is 0 Å². The molecule has 0 aromatic heterocycles. The van der Waals surface area contributed by atoms with E-state index in [2.05, 4.69) is 30.2 Å². The molecule has 0 bridgehead atoms. The zero-order valence-corrected chi connectivity index (χ0v) is 91.3. The van der Waals surface area contributed by atoms with Gasteiger partial charge >= 0.3 is 7.12 Å². The Bertz CT molecular complexity index is 1980. The molecule has 101 heavy (non-hydrogen) atoms. The Kier molecular flexibility index (Phi) is 296. The van der Waals surface area contributed by atoms with Crippen LogP contribution in [0.2, 0.25) is 6.82 Å². The molecular weight excluding hydrogens is 2500 g/mol. The number of nitro groups is 4. The van der Waals surface area contributed by atoms with E-state index >= 15 is 0 Å². The van der Waals surface area contributed by atoms with Crippen LogP contribution in [0.25, 0.3) is 10.6 Å².